The van der Waals surface area contributed by atoms with Gasteiger partial charge in [0, 0.05) is 37.7 Å². The van der Waals surface area contributed by atoms with E-state index in [0.717, 1.165) is 24.7 Å². The second-order valence-corrected chi connectivity index (χ2v) is 7.37. The van der Waals surface area contributed by atoms with Gasteiger partial charge in [-0.25, -0.2) is 9.97 Å². The third-order valence-corrected chi connectivity index (χ3v) is 5.18. The van der Waals surface area contributed by atoms with E-state index >= 15 is 0 Å². The van der Waals surface area contributed by atoms with Crippen LogP contribution < -0.4 is 0 Å². The molecule has 0 N–H and O–H groups in total. The number of rotatable bonds is 4. The van der Waals surface area contributed by atoms with Crippen molar-refractivity contribution in [2.75, 3.05) is 32.4 Å². The molecule has 1 amide bonds. The minimum absolute atomic E-state index is 0.131. The van der Waals surface area contributed by atoms with Crippen LogP contribution in [0.4, 0.5) is 0 Å². The van der Waals surface area contributed by atoms with Crippen LogP contribution in [0.2, 0.25) is 10.0 Å². The molecule has 132 valence electrons. The van der Waals surface area contributed by atoms with Gasteiger partial charge in [-0.1, -0.05) is 47.1 Å². The monoisotopic (exact) mass is 396 g/mol. The fourth-order valence-electron chi connectivity index (χ4n) is 2.71. The van der Waals surface area contributed by atoms with Crippen molar-refractivity contribution in [2.45, 2.75) is 11.7 Å². The number of amides is 1. The minimum Gasteiger partial charge on any atom is -0.335 e. The van der Waals surface area contributed by atoms with Crippen LogP contribution in [0.15, 0.2) is 35.6 Å². The highest BCUT2D eigenvalue weighted by molar-refractivity contribution is 7.98. The molecule has 1 saturated heterocycles. The van der Waals surface area contributed by atoms with Crippen LogP contribution in [0.5, 0.6) is 0 Å². The molecule has 2 aromatic rings. The summed E-state index contributed by atoms with van der Waals surface area (Å²) in [5.74, 6) is -0.131. The Labute approximate surface area is 161 Å². The SMILES string of the molecule is CSc1ncc(Cl)c(C(=O)N2CCN(Cc3ccc(Cl)cc3)CC2)n1. The molecular weight excluding hydrogens is 379 g/mol. The van der Waals surface area contributed by atoms with Crippen LogP contribution in [-0.2, 0) is 6.54 Å². The number of halogens is 2. The molecule has 0 bridgehead atoms. The fourth-order valence-corrected chi connectivity index (χ4v) is 3.34. The van der Waals surface area contributed by atoms with Crippen LogP contribution in [0.1, 0.15) is 16.1 Å². The molecule has 1 aliphatic rings. The Balaban J connectivity index is 1.60. The minimum atomic E-state index is -0.131. The van der Waals surface area contributed by atoms with E-state index in [-0.39, 0.29) is 11.6 Å². The summed E-state index contributed by atoms with van der Waals surface area (Å²) in [7, 11) is 0. The molecule has 5 nitrogen and oxygen atoms in total. The normalized spacial score (nSPS) is 15.4. The van der Waals surface area contributed by atoms with Crippen molar-refractivity contribution in [3.8, 4) is 0 Å². The molecule has 0 unspecified atom stereocenters. The van der Waals surface area contributed by atoms with Gasteiger partial charge in [-0.3, -0.25) is 9.69 Å². The van der Waals surface area contributed by atoms with Crippen molar-refractivity contribution in [2.24, 2.45) is 0 Å². The molecule has 25 heavy (non-hydrogen) atoms. The van der Waals surface area contributed by atoms with E-state index in [2.05, 4.69) is 14.9 Å². The van der Waals surface area contributed by atoms with Gasteiger partial charge >= 0.3 is 0 Å². The number of aromatic nitrogens is 2. The molecule has 0 radical (unpaired) electrons. The lowest BCUT2D eigenvalue weighted by atomic mass is 10.2. The topological polar surface area (TPSA) is 49.3 Å². The predicted octanol–water partition coefficient (Wildman–Crippen LogP) is 3.46. The first kappa shape index (κ1) is 18.5. The Kier molecular flexibility index (Phi) is 6.17. The summed E-state index contributed by atoms with van der Waals surface area (Å²) in [6.45, 7) is 3.78. The van der Waals surface area contributed by atoms with Crippen molar-refractivity contribution in [1.29, 1.82) is 0 Å². The fraction of sp³-hybridized carbons (Fsp3) is 0.353. The molecule has 1 fully saturated rings. The lowest BCUT2D eigenvalue weighted by Crippen LogP contribution is -2.48. The van der Waals surface area contributed by atoms with Gasteiger partial charge < -0.3 is 4.90 Å². The van der Waals surface area contributed by atoms with Crippen molar-refractivity contribution in [1.82, 2.24) is 19.8 Å². The summed E-state index contributed by atoms with van der Waals surface area (Å²) in [5.41, 5.74) is 1.50. The summed E-state index contributed by atoms with van der Waals surface area (Å²) in [6.07, 6.45) is 3.36. The van der Waals surface area contributed by atoms with E-state index in [0.29, 0.717) is 23.3 Å². The number of carbonyl (C=O) groups excluding carboxylic acids is 1. The Bertz CT molecular complexity index is 749. The van der Waals surface area contributed by atoms with E-state index in [1.165, 1.54) is 23.5 Å². The molecule has 0 aliphatic carbocycles. The molecule has 1 aromatic carbocycles. The van der Waals surface area contributed by atoms with Gasteiger partial charge in [0.25, 0.3) is 5.91 Å². The zero-order valence-electron chi connectivity index (χ0n) is 13.8. The molecule has 0 saturated carbocycles. The first-order valence-electron chi connectivity index (χ1n) is 7.89. The number of hydrogen-bond acceptors (Lipinski definition) is 5. The first-order chi connectivity index (χ1) is 12.1. The number of nitrogens with zero attached hydrogens (tertiary/aromatic N) is 4. The van der Waals surface area contributed by atoms with Crippen molar-refractivity contribution in [3.05, 3.63) is 51.8 Å². The zero-order chi connectivity index (χ0) is 17.8. The lowest BCUT2D eigenvalue weighted by Gasteiger charge is -2.34. The zero-order valence-corrected chi connectivity index (χ0v) is 16.1. The molecule has 0 atom stereocenters. The second-order valence-electron chi connectivity index (χ2n) is 5.75. The third-order valence-electron chi connectivity index (χ3n) is 4.09. The van der Waals surface area contributed by atoms with E-state index in [9.17, 15) is 4.79 Å². The van der Waals surface area contributed by atoms with Gasteiger partial charge in [0.15, 0.2) is 10.9 Å². The highest BCUT2D eigenvalue weighted by atomic mass is 35.5. The molecule has 2 heterocycles. The maximum atomic E-state index is 12.7. The van der Waals surface area contributed by atoms with Crippen LogP contribution in [0.25, 0.3) is 0 Å². The largest absolute Gasteiger partial charge is 0.335 e. The van der Waals surface area contributed by atoms with Crippen LogP contribution in [0.3, 0.4) is 0 Å². The number of carbonyl (C=O) groups is 1. The van der Waals surface area contributed by atoms with Gasteiger partial charge in [-0.05, 0) is 24.0 Å². The molecule has 1 aliphatic heterocycles. The third kappa shape index (κ3) is 4.64. The molecule has 1 aromatic heterocycles. The summed E-state index contributed by atoms with van der Waals surface area (Å²) in [6, 6.07) is 7.86. The van der Waals surface area contributed by atoms with Gasteiger partial charge in [-0.2, -0.15) is 0 Å². The van der Waals surface area contributed by atoms with E-state index in [4.69, 9.17) is 23.2 Å². The molecular formula is C17H18Cl2N4OS. The van der Waals surface area contributed by atoms with Gasteiger partial charge in [0.2, 0.25) is 0 Å². The van der Waals surface area contributed by atoms with Gasteiger partial charge in [0.05, 0.1) is 11.2 Å². The van der Waals surface area contributed by atoms with E-state index in [1.54, 1.807) is 4.90 Å². The smallest absolute Gasteiger partial charge is 0.274 e. The molecule has 0 spiro atoms. The number of benzene rings is 1. The van der Waals surface area contributed by atoms with Crippen LogP contribution >= 0.6 is 35.0 Å². The van der Waals surface area contributed by atoms with Crippen LogP contribution in [-0.4, -0.2) is 58.1 Å². The standard InChI is InChI=1S/C17H18Cl2N4OS/c1-25-17-20-10-14(19)15(21-17)16(24)23-8-6-22(7-9-23)11-12-2-4-13(18)5-3-12/h2-5,10H,6-9,11H2,1H3. The van der Waals surface area contributed by atoms with E-state index in [1.807, 2.05) is 30.5 Å². The Morgan fingerprint density at radius 2 is 1.84 bits per heavy atom. The summed E-state index contributed by atoms with van der Waals surface area (Å²) in [5, 5.41) is 1.59. The highest BCUT2D eigenvalue weighted by Crippen LogP contribution is 2.19. The van der Waals surface area contributed by atoms with Crippen molar-refractivity contribution < 1.29 is 4.79 Å². The Morgan fingerprint density at radius 3 is 2.48 bits per heavy atom. The lowest BCUT2D eigenvalue weighted by molar-refractivity contribution is 0.0622. The molecule has 8 heteroatoms. The molecule has 3 rings (SSSR count). The number of piperazine rings is 1. The van der Waals surface area contributed by atoms with Gasteiger partial charge in [0.1, 0.15) is 0 Å². The van der Waals surface area contributed by atoms with Crippen molar-refractivity contribution in [3.63, 3.8) is 0 Å². The van der Waals surface area contributed by atoms with Gasteiger partial charge in [-0.15, -0.1) is 0 Å². The maximum Gasteiger partial charge on any atom is 0.274 e. The number of hydrogen-bond donors (Lipinski definition) is 0. The average Bonchev–Trinajstić information content (AvgIpc) is 2.64. The Morgan fingerprint density at radius 1 is 1.16 bits per heavy atom. The predicted molar refractivity (Wildman–Crippen MR) is 101 cm³/mol. The summed E-state index contributed by atoms with van der Waals surface area (Å²) < 4.78 is 0. The maximum absolute atomic E-state index is 12.7. The first-order valence-corrected chi connectivity index (χ1v) is 9.87. The van der Waals surface area contributed by atoms with Crippen molar-refractivity contribution >= 4 is 40.9 Å². The summed E-state index contributed by atoms with van der Waals surface area (Å²) in [4.78, 5) is 25.2. The summed E-state index contributed by atoms with van der Waals surface area (Å²) >= 11 is 13.4. The average molecular weight is 397 g/mol. The quantitative estimate of drug-likeness (QED) is 0.584. The Hall–Kier alpha value is -1.34. The second kappa shape index (κ2) is 8.36. The van der Waals surface area contributed by atoms with E-state index < -0.39 is 0 Å². The van der Waals surface area contributed by atoms with Crippen LogP contribution in [0, 0.1) is 0 Å². The number of thioether (sulfide) groups is 1. The highest BCUT2D eigenvalue weighted by Gasteiger charge is 2.25.